The third-order valence-corrected chi connectivity index (χ3v) is 2.09. The van der Waals surface area contributed by atoms with Gasteiger partial charge in [-0.1, -0.05) is 6.08 Å². The van der Waals surface area contributed by atoms with E-state index in [0.29, 0.717) is 0 Å². The third-order valence-electron chi connectivity index (χ3n) is 2.09. The van der Waals surface area contributed by atoms with Crippen molar-refractivity contribution >= 4 is 5.69 Å². The van der Waals surface area contributed by atoms with E-state index in [4.69, 9.17) is 11.6 Å². The van der Waals surface area contributed by atoms with Gasteiger partial charge in [0.15, 0.2) is 0 Å². The Balaban J connectivity index is 2.66. The maximum Gasteiger partial charge on any atom is 0.0378 e. The van der Waals surface area contributed by atoms with Gasteiger partial charge in [0, 0.05) is 24.1 Å². The highest BCUT2D eigenvalue weighted by Crippen LogP contribution is 2.12. The van der Waals surface area contributed by atoms with E-state index in [1.165, 1.54) is 0 Å². The predicted molar refractivity (Wildman–Crippen MR) is 58.3 cm³/mol. The molecule has 1 aromatic heterocycles. The summed E-state index contributed by atoms with van der Waals surface area (Å²) in [7, 11) is 0. The van der Waals surface area contributed by atoms with Crippen molar-refractivity contribution in [2.24, 2.45) is 5.84 Å². The second kappa shape index (κ2) is 5.36. The number of aromatic nitrogens is 1. The number of pyridine rings is 1. The zero-order valence-electron chi connectivity index (χ0n) is 8.11. The summed E-state index contributed by atoms with van der Waals surface area (Å²) < 4.78 is 0. The first-order chi connectivity index (χ1) is 6.77. The number of hydrogen-bond donors (Lipinski definition) is 3. The Hall–Kier alpha value is -1.39. The molecule has 76 valence electrons. The zero-order valence-corrected chi connectivity index (χ0v) is 8.11. The molecular formula is C10H16N4. The lowest BCUT2D eigenvalue weighted by molar-refractivity contribution is 0.531. The molecule has 1 unspecified atom stereocenters. The minimum Gasteiger partial charge on any atom is -0.398 e. The second-order valence-electron chi connectivity index (χ2n) is 3.17. The number of hydrazine groups is 1. The number of nitrogens with one attached hydrogen (secondary N) is 1. The van der Waals surface area contributed by atoms with Crippen LogP contribution in [0.25, 0.3) is 0 Å². The van der Waals surface area contributed by atoms with Crippen molar-refractivity contribution in [3.63, 3.8) is 0 Å². The molecule has 0 aliphatic rings. The van der Waals surface area contributed by atoms with Crippen LogP contribution >= 0.6 is 0 Å². The lowest BCUT2D eigenvalue weighted by Crippen LogP contribution is -2.36. The van der Waals surface area contributed by atoms with Crippen molar-refractivity contribution in [1.29, 1.82) is 0 Å². The summed E-state index contributed by atoms with van der Waals surface area (Å²) in [6, 6.07) is 1.95. The molecule has 1 aromatic rings. The number of nitrogens with zero attached hydrogens (tertiary/aromatic N) is 1. The summed E-state index contributed by atoms with van der Waals surface area (Å²) in [5.74, 6) is 5.40. The van der Waals surface area contributed by atoms with Gasteiger partial charge in [0.05, 0.1) is 0 Å². The van der Waals surface area contributed by atoms with Gasteiger partial charge in [-0.3, -0.25) is 16.3 Å². The van der Waals surface area contributed by atoms with Gasteiger partial charge in [0.2, 0.25) is 0 Å². The Morgan fingerprint density at radius 2 is 2.43 bits per heavy atom. The molecular weight excluding hydrogens is 176 g/mol. The standard InChI is InChI=1S/C10H16N4/c1-2-3-9(14-12)6-8-7-13-5-4-10(8)11/h2,4-5,7,9,14H,1,3,6,12H2,(H2,11,13). The van der Waals surface area contributed by atoms with Crippen LogP contribution in [0.1, 0.15) is 12.0 Å². The molecule has 0 saturated heterocycles. The van der Waals surface area contributed by atoms with Crippen molar-refractivity contribution < 1.29 is 0 Å². The predicted octanol–water partition coefficient (Wildman–Crippen LogP) is 0.614. The monoisotopic (exact) mass is 192 g/mol. The number of rotatable bonds is 5. The number of nitrogens with two attached hydrogens (primary N) is 2. The van der Waals surface area contributed by atoms with Crippen LogP contribution in [0.2, 0.25) is 0 Å². The molecule has 0 radical (unpaired) electrons. The van der Waals surface area contributed by atoms with Crippen LogP contribution < -0.4 is 17.0 Å². The first-order valence-electron chi connectivity index (χ1n) is 4.53. The molecule has 4 heteroatoms. The third kappa shape index (κ3) is 2.83. The van der Waals surface area contributed by atoms with E-state index in [1.54, 1.807) is 18.5 Å². The van der Waals surface area contributed by atoms with Gasteiger partial charge in [-0.2, -0.15) is 0 Å². The average molecular weight is 192 g/mol. The van der Waals surface area contributed by atoms with E-state index in [1.807, 2.05) is 6.08 Å². The maximum atomic E-state index is 5.79. The molecule has 4 nitrogen and oxygen atoms in total. The first-order valence-corrected chi connectivity index (χ1v) is 4.53. The Kier molecular flexibility index (Phi) is 4.10. The number of hydrogen-bond acceptors (Lipinski definition) is 4. The highest BCUT2D eigenvalue weighted by molar-refractivity contribution is 5.44. The Morgan fingerprint density at radius 3 is 3.00 bits per heavy atom. The molecule has 0 saturated carbocycles. The smallest absolute Gasteiger partial charge is 0.0378 e. The van der Waals surface area contributed by atoms with Gasteiger partial charge in [-0.15, -0.1) is 6.58 Å². The summed E-state index contributed by atoms with van der Waals surface area (Å²) in [6.45, 7) is 3.67. The van der Waals surface area contributed by atoms with E-state index in [2.05, 4.69) is 17.0 Å². The van der Waals surface area contributed by atoms with Crippen molar-refractivity contribution in [3.05, 3.63) is 36.7 Å². The van der Waals surface area contributed by atoms with Crippen LogP contribution in [-0.4, -0.2) is 11.0 Å². The summed E-state index contributed by atoms with van der Waals surface area (Å²) in [4.78, 5) is 4.02. The molecule has 14 heavy (non-hydrogen) atoms. The van der Waals surface area contributed by atoms with Crippen LogP contribution in [0, 0.1) is 0 Å². The van der Waals surface area contributed by atoms with Gasteiger partial charge in [-0.25, -0.2) is 0 Å². The highest BCUT2D eigenvalue weighted by atomic mass is 15.2. The average Bonchev–Trinajstić information content (AvgIpc) is 2.20. The molecule has 0 aliphatic carbocycles. The number of anilines is 1. The minimum absolute atomic E-state index is 0.166. The molecule has 1 atom stereocenters. The topological polar surface area (TPSA) is 77.0 Å². The zero-order chi connectivity index (χ0) is 10.4. The molecule has 0 bridgehead atoms. The van der Waals surface area contributed by atoms with Crippen LogP contribution in [0.5, 0.6) is 0 Å². The molecule has 0 fully saturated rings. The SMILES string of the molecule is C=CCC(Cc1cnccc1N)NN. The van der Waals surface area contributed by atoms with Gasteiger partial charge >= 0.3 is 0 Å². The Labute approximate surface area is 84.0 Å². The van der Waals surface area contributed by atoms with Gasteiger partial charge in [0.25, 0.3) is 0 Å². The highest BCUT2D eigenvalue weighted by Gasteiger charge is 2.07. The van der Waals surface area contributed by atoms with E-state index >= 15 is 0 Å². The van der Waals surface area contributed by atoms with Crippen molar-refractivity contribution in [2.75, 3.05) is 5.73 Å². The molecule has 0 aromatic carbocycles. The lowest BCUT2D eigenvalue weighted by atomic mass is 10.0. The van der Waals surface area contributed by atoms with Crippen LogP contribution in [0.4, 0.5) is 5.69 Å². The Bertz CT molecular complexity index is 298. The summed E-state index contributed by atoms with van der Waals surface area (Å²) in [5, 5.41) is 0. The minimum atomic E-state index is 0.166. The van der Waals surface area contributed by atoms with E-state index in [-0.39, 0.29) is 6.04 Å². The second-order valence-corrected chi connectivity index (χ2v) is 3.17. The van der Waals surface area contributed by atoms with Crippen molar-refractivity contribution in [2.45, 2.75) is 18.9 Å². The Morgan fingerprint density at radius 1 is 1.64 bits per heavy atom. The lowest BCUT2D eigenvalue weighted by Gasteiger charge is -2.14. The quantitative estimate of drug-likeness (QED) is 0.363. The summed E-state index contributed by atoms with van der Waals surface area (Å²) in [5.41, 5.74) is 10.3. The molecule has 5 N–H and O–H groups in total. The fourth-order valence-corrected chi connectivity index (χ4v) is 1.29. The van der Waals surface area contributed by atoms with Crippen LogP contribution in [-0.2, 0) is 6.42 Å². The molecule has 0 aliphatic heterocycles. The fraction of sp³-hybridized carbons (Fsp3) is 0.300. The van der Waals surface area contributed by atoms with Gasteiger partial charge in [-0.05, 0) is 24.5 Å². The molecule has 0 amide bonds. The van der Waals surface area contributed by atoms with Crippen LogP contribution in [0.15, 0.2) is 31.1 Å². The van der Waals surface area contributed by atoms with Gasteiger partial charge in [0.1, 0.15) is 0 Å². The number of nitrogen functional groups attached to an aromatic ring is 1. The van der Waals surface area contributed by atoms with E-state index in [9.17, 15) is 0 Å². The summed E-state index contributed by atoms with van der Waals surface area (Å²) in [6.07, 6.45) is 6.85. The fourth-order valence-electron chi connectivity index (χ4n) is 1.29. The van der Waals surface area contributed by atoms with Crippen molar-refractivity contribution in [3.8, 4) is 0 Å². The molecule has 0 spiro atoms. The maximum absolute atomic E-state index is 5.79. The largest absolute Gasteiger partial charge is 0.398 e. The van der Waals surface area contributed by atoms with Gasteiger partial charge < -0.3 is 5.73 Å². The molecule has 1 rings (SSSR count). The van der Waals surface area contributed by atoms with E-state index < -0.39 is 0 Å². The van der Waals surface area contributed by atoms with Crippen LogP contribution in [0.3, 0.4) is 0 Å². The summed E-state index contributed by atoms with van der Waals surface area (Å²) >= 11 is 0. The normalized spacial score (nSPS) is 12.4. The molecule has 1 heterocycles. The first kappa shape index (κ1) is 10.7. The van der Waals surface area contributed by atoms with E-state index in [0.717, 1.165) is 24.1 Å². The van der Waals surface area contributed by atoms with Crippen molar-refractivity contribution in [1.82, 2.24) is 10.4 Å².